The van der Waals surface area contributed by atoms with Gasteiger partial charge in [0.05, 0.1) is 7.11 Å². The molecule has 5 heteroatoms. The third-order valence-electron chi connectivity index (χ3n) is 4.26. The van der Waals surface area contributed by atoms with Gasteiger partial charge in [0.15, 0.2) is 0 Å². The molecule has 0 saturated heterocycles. The number of rotatable bonds is 16. The topological polar surface area (TPSA) is 55.4 Å². The quantitative estimate of drug-likeness (QED) is 0.239. The van der Waals surface area contributed by atoms with Crippen molar-refractivity contribution in [3.8, 4) is 0 Å². The van der Waals surface area contributed by atoms with Crippen LogP contribution in [0.2, 0.25) is 0 Å². The molecule has 0 saturated carbocycles. The van der Waals surface area contributed by atoms with Crippen molar-refractivity contribution >= 4 is 24.5 Å². The minimum atomic E-state index is -0.636. The summed E-state index contributed by atoms with van der Waals surface area (Å²) in [4.78, 5) is 23.1. The predicted octanol–water partition coefficient (Wildman–Crippen LogP) is 4.67. The Morgan fingerprint density at radius 2 is 1.33 bits per heavy atom. The van der Waals surface area contributed by atoms with Crippen LogP contribution in [0.1, 0.15) is 90.4 Å². The van der Waals surface area contributed by atoms with E-state index in [1.165, 1.54) is 71.3 Å². The molecular formula is C19H37NO3S. The van der Waals surface area contributed by atoms with Crippen LogP contribution in [0.3, 0.4) is 0 Å². The second-order valence-electron chi connectivity index (χ2n) is 6.46. The summed E-state index contributed by atoms with van der Waals surface area (Å²) in [6, 6.07) is -0.636. The molecule has 1 amide bonds. The molecule has 0 bridgehead atoms. The zero-order chi connectivity index (χ0) is 18.0. The molecule has 142 valence electrons. The van der Waals surface area contributed by atoms with Gasteiger partial charge in [-0.3, -0.25) is 4.79 Å². The minimum Gasteiger partial charge on any atom is -0.467 e. The predicted molar refractivity (Wildman–Crippen MR) is 103 cm³/mol. The van der Waals surface area contributed by atoms with Crippen LogP contribution in [0, 0.1) is 0 Å². The first kappa shape index (κ1) is 23.3. The summed E-state index contributed by atoms with van der Waals surface area (Å²) in [5, 5.41) is 2.67. The average Bonchev–Trinajstić information content (AvgIpc) is 2.59. The normalized spacial score (nSPS) is 12.0. The van der Waals surface area contributed by atoms with Crippen LogP contribution in [0.4, 0.5) is 0 Å². The van der Waals surface area contributed by atoms with Gasteiger partial charge in [-0.1, -0.05) is 77.6 Å². The van der Waals surface area contributed by atoms with Crippen LogP contribution in [0.25, 0.3) is 0 Å². The van der Waals surface area contributed by atoms with Crippen molar-refractivity contribution < 1.29 is 14.3 Å². The highest BCUT2D eigenvalue weighted by atomic mass is 32.1. The second-order valence-corrected chi connectivity index (χ2v) is 6.83. The van der Waals surface area contributed by atoms with E-state index in [1.807, 2.05) is 0 Å². The number of carbonyl (C=O) groups is 2. The molecule has 4 nitrogen and oxygen atoms in total. The highest BCUT2D eigenvalue weighted by molar-refractivity contribution is 7.80. The van der Waals surface area contributed by atoms with Crippen LogP contribution in [-0.4, -0.2) is 30.8 Å². The summed E-state index contributed by atoms with van der Waals surface area (Å²) < 4.78 is 4.62. The van der Waals surface area contributed by atoms with Gasteiger partial charge in [0.25, 0.3) is 0 Å². The number of hydrogen-bond acceptors (Lipinski definition) is 4. The maximum atomic E-state index is 11.8. The highest BCUT2D eigenvalue weighted by Gasteiger charge is 2.19. The fraction of sp³-hybridized carbons (Fsp3) is 0.895. The van der Waals surface area contributed by atoms with Gasteiger partial charge in [-0.05, 0) is 6.42 Å². The lowest BCUT2D eigenvalue weighted by molar-refractivity contribution is -0.144. The lowest BCUT2D eigenvalue weighted by Gasteiger charge is -2.13. The minimum absolute atomic E-state index is 0.0912. The van der Waals surface area contributed by atoms with Gasteiger partial charge < -0.3 is 10.1 Å². The van der Waals surface area contributed by atoms with E-state index in [1.54, 1.807) is 0 Å². The molecule has 0 aliphatic carbocycles. The fourth-order valence-corrected chi connectivity index (χ4v) is 2.95. The molecule has 0 aliphatic heterocycles. The number of unbranched alkanes of at least 4 members (excludes halogenated alkanes) is 11. The first-order chi connectivity index (χ1) is 11.7. The Labute approximate surface area is 153 Å². The molecule has 0 rings (SSSR count). The van der Waals surface area contributed by atoms with Crippen LogP contribution in [-0.2, 0) is 14.3 Å². The first-order valence-corrected chi connectivity index (χ1v) is 10.3. The fourth-order valence-electron chi connectivity index (χ4n) is 2.71. The molecule has 0 radical (unpaired) electrons. The molecule has 24 heavy (non-hydrogen) atoms. The lowest BCUT2D eigenvalue weighted by Crippen LogP contribution is -2.42. The summed E-state index contributed by atoms with van der Waals surface area (Å²) in [5.41, 5.74) is 0. The van der Waals surface area contributed by atoms with E-state index in [0.29, 0.717) is 6.42 Å². The van der Waals surface area contributed by atoms with Crippen molar-refractivity contribution in [3.63, 3.8) is 0 Å². The maximum absolute atomic E-state index is 11.8. The van der Waals surface area contributed by atoms with Gasteiger partial charge in [-0.2, -0.15) is 12.6 Å². The van der Waals surface area contributed by atoms with Crippen molar-refractivity contribution in [2.75, 3.05) is 12.9 Å². The standard InChI is InChI=1S/C19H37NO3S/c1-3-4-5-6-7-8-9-10-11-12-13-14-15-18(21)20-17(16-24)19(22)23-2/h17,24H,3-16H2,1-2H3,(H,20,21). The number of methoxy groups -OCH3 is 1. The Kier molecular flexibility index (Phi) is 16.6. The molecule has 0 heterocycles. The van der Waals surface area contributed by atoms with Gasteiger partial charge in [0.2, 0.25) is 5.91 Å². The monoisotopic (exact) mass is 359 g/mol. The van der Waals surface area contributed by atoms with Gasteiger partial charge in [-0.25, -0.2) is 4.79 Å². The Morgan fingerprint density at radius 1 is 0.875 bits per heavy atom. The third-order valence-corrected chi connectivity index (χ3v) is 4.63. The smallest absolute Gasteiger partial charge is 0.329 e. The van der Waals surface area contributed by atoms with E-state index >= 15 is 0 Å². The molecular weight excluding hydrogens is 322 g/mol. The molecule has 1 unspecified atom stereocenters. The molecule has 1 N–H and O–H groups in total. The van der Waals surface area contributed by atoms with Crippen molar-refractivity contribution in [2.24, 2.45) is 0 Å². The van der Waals surface area contributed by atoms with Crippen LogP contribution in [0.15, 0.2) is 0 Å². The van der Waals surface area contributed by atoms with Gasteiger partial charge in [0, 0.05) is 12.2 Å². The largest absolute Gasteiger partial charge is 0.467 e. The number of nitrogens with one attached hydrogen (secondary N) is 1. The molecule has 0 aliphatic rings. The number of esters is 1. The summed E-state index contributed by atoms with van der Waals surface area (Å²) >= 11 is 4.06. The summed E-state index contributed by atoms with van der Waals surface area (Å²) in [7, 11) is 1.32. The molecule has 0 aromatic heterocycles. The molecule has 0 fully saturated rings. The van der Waals surface area contributed by atoms with E-state index in [0.717, 1.165) is 12.8 Å². The van der Waals surface area contributed by atoms with E-state index < -0.39 is 12.0 Å². The van der Waals surface area contributed by atoms with Gasteiger partial charge in [-0.15, -0.1) is 0 Å². The molecule has 1 atom stereocenters. The number of amides is 1. The Bertz CT molecular complexity index is 324. The van der Waals surface area contributed by atoms with Crippen LogP contribution < -0.4 is 5.32 Å². The Morgan fingerprint density at radius 3 is 1.75 bits per heavy atom. The zero-order valence-corrected chi connectivity index (χ0v) is 16.5. The van der Waals surface area contributed by atoms with Crippen LogP contribution in [0.5, 0.6) is 0 Å². The Balaban J connectivity index is 3.40. The third kappa shape index (κ3) is 13.7. The summed E-state index contributed by atoms with van der Waals surface area (Å²) in [6.45, 7) is 2.25. The van der Waals surface area contributed by atoms with Crippen LogP contribution >= 0.6 is 12.6 Å². The Hall–Kier alpha value is -0.710. The number of carbonyl (C=O) groups excluding carboxylic acids is 2. The molecule has 0 aromatic carbocycles. The molecule has 0 spiro atoms. The SMILES string of the molecule is CCCCCCCCCCCCCCC(=O)NC(CS)C(=O)OC. The molecule has 0 aromatic rings. The number of hydrogen-bond donors (Lipinski definition) is 2. The first-order valence-electron chi connectivity index (χ1n) is 9.63. The second kappa shape index (κ2) is 17.1. The summed E-state index contributed by atoms with van der Waals surface area (Å²) in [6.07, 6.45) is 15.8. The zero-order valence-electron chi connectivity index (χ0n) is 15.6. The van der Waals surface area contributed by atoms with Crippen molar-refractivity contribution in [3.05, 3.63) is 0 Å². The van der Waals surface area contributed by atoms with E-state index in [2.05, 4.69) is 29.6 Å². The van der Waals surface area contributed by atoms with E-state index in [4.69, 9.17) is 0 Å². The number of ether oxygens (including phenoxy) is 1. The van der Waals surface area contributed by atoms with Gasteiger partial charge in [0.1, 0.15) is 6.04 Å². The maximum Gasteiger partial charge on any atom is 0.329 e. The summed E-state index contributed by atoms with van der Waals surface area (Å²) in [5.74, 6) is -0.267. The van der Waals surface area contributed by atoms with Gasteiger partial charge >= 0.3 is 5.97 Å². The van der Waals surface area contributed by atoms with Crippen molar-refractivity contribution in [1.82, 2.24) is 5.32 Å². The number of thiol groups is 1. The van der Waals surface area contributed by atoms with E-state index in [-0.39, 0.29) is 11.7 Å². The van der Waals surface area contributed by atoms with E-state index in [9.17, 15) is 9.59 Å². The lowest BCUT2D eigenvalue weighted by atomic mass is 10.0. The van der Waals surface area contributed by atoms with Crippen molar-refractivity contribution in [2.45, 2.75) is 96.4 Å². The average molecular weight is 360 g/mol. The van der Waals surface area contributed by atoms with Crippen molar-refractivity contribution in [1.29, 1.82) is 0 Å². The highest BCUT2D eigenvalue weighted by Crippen LogP contribution is 2.12.